The summed E-state index contributed by atoms with van der Waals surface area (Å²) >= 11 is 2.05. The highest BCUT2D eigenvalue weighted by atomic mass is 32.2. The molecule has 0 aromatic carbocycles. The lowest BCUT2D eigenvalue weighted by atomic mass is 10.2. The molecule has 0 radical (unpaired) electrons. The number of thioether (sulfide) groups is 1. The maximum Gasteiger partial charge on any atom is 0.195 e. The molecule has 0 amide bonds. The smallest absolute Gasteiger partial charge is 0.195 e. The van der Waals surface area contributed by atoms with Gasteiger partial charge in [0.15, 0.2) is 5.89 Å². The Morgan fingerprint density at radius 1 is 1.69 bits per heavy atom. The van der Waals surface area contributed by atoms with Gasteiger partial charge in [-0.1, -0.05) is 0 Å². The van der Waals surface area contributed by atoms with Crippen molar-refractivity contribution in [2.24, 2.45) is 0 Å². The summed E-state index contributed by atoms with van der Waals surface area (Å²) in [6.07, 6.45) is 6.41. The molecule has 1 aromatic rings. The number of aromatic nitrogens is 1. The molecule has 1 saturated heterocycles. The molecule has 0 bridgehead atoms. The molecule has 0 aliphatic carbocycles. The van der Waals surface area contributed by atoms with Crippen LogP contribution < -0.4 is 5.32 Å². The Balaban J connectivity index is 1.86. The lowest BCUT2D eigenvalue weighted by molar-refractivity contribution is 0.487. The summed E-state index contributed by atoms with van der Waals surface area (Å²) in [5, 5.41) is 3.94. The highest BCUT2D eigenvalue weighted by molar-refractivity contribution is 8.00. The Hall–Kier alpha value is -0.480. The molecule has 0 spiro atoms. The van der Waals surface area contributed by atoms with Crippen LogP contribution in [0.2, 0.25) is 0 Å². The second kappa shape index (κ2) is 5.73. The van der Waals surface area contributed by atoms with Crippen molar-refractivity contribution in [1.29, 1.82) is 0 Å². The second-order valence-corrected chi connectivity index (χ2v) is 5.87. The summed E-state index contributed by atoms with van der Waals surface area (Å²) < 4.78 is 5.52. The van der Waals surface area contributed by atoms with Crippen LogP contribution in [-0.2, 0) is 12.8 Å². The molecule has 2 rings (SSSR count). The number of likely N-dealkylation sites (N-methyl/N-ethyl adjacent to an activating group) is 1. The summed E-state index contributed by atoms with van der Waals surface area (Å²) in [4.78, 5) is 4.54. The monoisotopic (exact) mass is 240 g/mol. The topological polar surface area (TPSA) is 38.1 Å². The third-order valence-corrected chi connectivity index (χ3v) is 4.43. The first-order valence-corrected chi connectivity index (χ1v) is 7.05. The van der Waals surface area contributed by atoms with Crippen molar-refractivity contribution in [3.05, 3.63) is 17.8 Å². The zero-order chi connectivity index (χ0) is 11.4. The Labute approximate surface area is 101 Å². The van der Waals surface area contributed by atoms with Crippen molar-refractivity contribution in [3.63, 3.8) is 0 Å². The first-order valence-electron chi connectivity index (χ1n) is 6.00. The van der Waals surface area contributed by atoms with Gasteiger partial charge in [-0.2, -0.15) is 11.8 Å². The molecule has 0 saturated carbocycles. The van der Waals surface area contributed by atoms with Crippen LogP contribution in [0.1, 0.15) is 31.4 Å². The predicted molar refractivity (Wildman–Crippen MR) is 67.9 cm³/mol. The fourth-order valence-electron chi connectivity index (χ4n) is 1.95. The molecule has 2 unspecified atom stereocenters. The van der Waals surface area contributed by atoms with Gasteiger partial charge < -0.3 is 9.73 Å². The normalized spacial score (nSPS) is 22.5. The molecule has 4 heteroatoms. The van der Waals surface area contributed by atoms with Crippen molar-refractivity contribution in [1.82, 2.24) is 10.3 Å². The third-order valence-electron chi connectivity index (χ3n) is 3.03. The molecule has 1 aliphatic heterocycles. The fraction of sp³-hybridized carbons (Fsp3) is 0.750. The van der Waals surface area contributed by atoms with Gasteiger partial charge in [-0.15, -0.1) is 0 Å². The SMILES string of the molecule is CNC(C)Cc1coc(CC2CCCS2)n1. The van der Waals surface area contributed by atoms with Crippen LogP contribution in [0.5, 0.6) is 0 Å². The Bertz CT molecular complexity index is 321. The first kappa shape index (κ1) is 12.0. The van der Waals surface area contributed by atoms with Crippen LogP contribution in [0.25, 0.3) is 0 Å². The van der Waals surface area contributed by atoms with Gasteiger partial charge in [0.1, 0.15) is 6.26 Å². The maximum absolute atomic E-state index is 5.52. The molecule has 90 valence electrons. The average molecular weight is 240 g/mol. The highest BCUT2D eigenvalue weighted by Gasteiger charge is 2.18. The molecule has 1 aliphatic rings. The van der Waals surface area contributed by atoms with E-state index in [-0.39, 0.29) is 0 Å². The molecule has 1 aromatic heterocycles. The number of rotatable bonds is 5. The zero-order valence-electron chi connectivity index (χ0n) is 10.0. The van der Waals surface area contributed by atoms with E-state index in [9.17, 15) is 0 Å². The molecule has 2 atom stereocenters. The minimum absolute atomic E-state index is 0.457. The zero-order valence-corrected chi connectivity index (χ0v) is 10.8. The largest absolute Gasteiger partial charge is 0.449 e. The van der Waals surface area contributed by atoms with Crippen molar-refractivity contribution in [2.45, 2.75) is 43.9 Å². The van der Waals surface area contributed by atoms with Gasteiger partial charge in [0.2, 0.25) is 0 Å². The van der Waals surface area contributed by atoms with Crippen molar-refractivity contribution < 1.29 is 4.42 Å². The highest BCUT2D eigenvalue weighted by Crippen LogP contribution is 2.28. The average Bonchev–Trinajstić information content (AvgIpc) is 2.91. The summed E-state index contributed by atoms with van der Waals surface area (Å²) in [6.45, 7) is 2.15. The second-order valence-electron chi connectivity index (χ2n) is 4.47. The van der Waals surface area contributed by atoms with E-state index in [1.165, 1.54) is 18.6 Å². The van der Waals surface area contributed by atoms with E-state index in [4.69, 9.17) is 4.42 Å². The summed E-state index contributed by atoms with van der Waals surface area (Å²) in [6, 6.07) is 0.457. The lowest BCUT2D eigenvalue weighted by Crippen LogP contribution is -2.23. The van der Waals surface area contributed by atoms with Crippen molar-refractivity contribution >= 4 is 11.8 Å². The molecule has 2 heterocycles. The van der Waals surface area contributed by atoms with E-state index in [1.807, 2.05) is 13.3 Å². The van der Waals surface area contributed by atoms with Crippen LogP contribution in [0.3, 0.4) is 0 Å². The van der Waals surface area contributed by atoms with Gasteiger partial charge in [0, 0.05) is 24.1 Å². The summed E-state index contributed by atoms with van der Waals surface area (Å²) in [5.74, 6) is 2.22. The van der Waals surface area contributed by atoms with Gasteiger partial charge in [-0.25, -0.2) is 4.98 Å². The van der Waals surface area contributed by atoms with E-state index in [0.717, 1.165) is 29.7 Å². The van der Waals surface area contributed by atoms with Crippen molar-refractivity contribution in [2.75, 3.05) is 12.8 Å². The molecule has 1 N–H and O–H groups in total. The molecule has 1 fully saturated rings. The van der Waals surface area contributed by atoms with Crippen LogP contribution in [0.15, 0.2) is 10.7 Å². The minimum Gasteiger partial charge on any atom is -0.449 e. The third kappa shape index (κ3) is 3.25. The van der Waals surface area contributed by atoms with Crippen molar-refractivity contribution in [3.8, 4) is 0 Å². The summed E-state index contributed by atoms with van der Waals surface area (Å²) in [5.41, 5.74) is 1.07. The van der Waals surface area contributed by atoms with Crippen LogP contribution >= 0.6 is 11.8 Å². The number of hydrogen-bond donors (Lipinski definition) is 1. The molecule has 3 nitrogen and oxygen atoms in total. The predicted octanol–water partition coefficient (Wildman–Crippen LogP) is 2.26. The quantitative estimate of drug-likeness (QED) is 0.857. The number of nitrogens with zero attached hydrogens (tertiary/aromatic N) is 1. The van der Waals surface area contributed by atoms with E-state index >= 15 is 0 Å². The van der Waals surface area contributed by atoms with E-state index < -0.39 is 0 Å². The fourth-order valence-corrected chi connectivity index (χ4v) is 3.21. The first-order chi connectivity index (χ1) is 7.78. The van der Waals surface area contributed by atoms with Crippen LogP contribution in [0.4, 0.5) is 0 Å². The maximum atomic E-state index is 5.52. The van der Waals surface area contributed by atoms with E-state index in [0.29, 0.717) is 6.04 Å². The Kier molecular flexibility index (Phi) is 4.29. The standard InChI is InChI=1S/C12H20N2OS/c1-9(13-2)6-10-8-15-12(14-10)7-11-4-3-5-16-11/h8-9,11,13H,3-7H2,1-2H3. The lowest BCUT2D eigenvalue weighted by Gasteiger charge is -2.06. The molecule has 16 heavy (non-hydrogen) atoms. The van der Waals surface area contributed by atoms with E-state index in [1.54, 1.807) is 0 Å². The van der Waals surface area contributed by atoms with Gasteiger partial charge in [0.05, 0.1) is 5.69 Å². The van der Waals surface area contributed by atoms with Crippen LogP contribution in [-0.4, -0.2) is 29.1 Å². The molecular weight excluding hydrogens is 220 g/mol. The number of nitrogens with one attached hydrogen (secondary N) is 1. The van der Waals surface area contributed by atoms with E-state index in [2.05, 4.69) is 29.0 Å². The van der Waals surface area contributed by atoms with Crippen LogP contribution in [0, 0.1) is 0 Å². The number of oxazole rings is 1. The summed E-state index contributed by atoms with van der Waals surface area (Å²) in [7, 11) is 1.97. The van der Waals surface area contributed by atoms with Gasteiger partial charge >= 0.3 is 0 Å². The van der Waals surface area contributed by atoms with Gasteiger partial charge in [-0.05, 0) is 32.6 Å². The number of hydrogen-bond acceptors (Lipinski definition) is 4. The Morgan fingerprint density at radius 3 is 3.25 bits per heavy atom. The molecular formula is C12H20N2OS. The Morgan fingerprint density at radius 2 is 2.56 bits per heavy atom. The minimum atomic E-state index is 0.457. The van der Waals surface area contributed by atoms with Gasteiger partial charge in [0.25, 0.3) is 0 Å². The van der Waals surface area contributed by atoms with Gasteiger partial charge in [-0.3, -0.25) is 0 Å².